The number of carbonyl (C=O) groups excluding carboxylic acids is 1. The molecule has 0 aromatic carbocycles. The Bertz CT molecular complexity index is 189. The molecule has 15 heavy (non-hydrogen) atoms. The fraction of sp³-hybridized carbons (Fsp3) is 0.727. The van der Waals surface area contributed by atoms with Gasteiger partial charge in [-0.15, -0.1) is 0 Å². The molecule has 0 aliphatic heterocycles. The van der Waals surface area contributed by atoms with Gasteiger partial charge >= 0.3 is 5.97 Å². The van der Waals surface area contributed by atoms with Crippen molar-refractivity contribution in [2.75, 3.05) is 26.2 Å². The molecular weight excluding hydrogens is 192 g/mol. The first-order chi connectivity index (χ1) is 6.61. The van der Waals surface area contributed by atoms with Gasteiger partial charge in [-0.3, -0.25) is 0 Å². The predicted octanol–water partition coefficient (Wildman–Crippen LogP) is 2.00. The highest BCUT2D eigenvalue weighted by molar-refractivity contribution is 5.86. The second kappa shape index (κ2) is 9.68. The van der Waals surface area contributed by atoms with Crippen molar-refractivity contribution in [3.8, 4) is 0 Å². The molecule has 0 radical (unpaired) electrons. The number of rotatable bonds is 7. The molecule has 0 amide bonds. The van der Waals surface area contributed by atoms with E-state index in [1.165, 1.54) is 0 Å². The zero-order valence-corrected chi connectivity index (χ0v) is 10.2. The Morgan fingerprint density at radius 1 is 1.33 bits per heavy atom. The predicted molar refractivity (Wildman–Crippen MR) is 63.2 cm³/mol. The quantitative estimate of drug-likeness (QED) is 0.401. The summed E-state index contributed by atoms with van der Waals surface area (Å²) in [6.45, 7) is 13.0. The summed E-state index contributed by atoms with van der Waals surface area (Å²) in [4.78, 5) is 13.3. The lowest BCUT2D eigenvalue weighted by Crippen LogP contribution is -2.25. The van der Waals surface area contributed by atoms with Crippen molar-refractivity contribution in [2.45, 2.75) is 27.2 Å². The van der Waals surface area contributed by atoms with E-state index in [1.807, 2.05) is 0 Å². The Kier molecular flexibility index (Phi) is 10.7. The number of carbonyl (C=O) groups is 1. The van der Waals surface area contributed by atoms with E-state index >= 15 is 0 Å². The topological polar surface area (TPSA) is 64.5 Å². The Morgan fingerprint density at radius 3 is 2.27 bits per heavy atom. The summed E-state index contributed by atoms with van der Waals surface area (Å²) in [7, 11) is 0. The summed E-state index contributed by atoms with van der Waals surface area (Å²) in [6.07, 6.45) is 0.890. The van der Waals surface area contributed by atoms with Crippen molar-refractivity contribution in [1.29, 1.82) is 0 Å². The van der Waals surface area contributed by atoms with E-state index in [-0.39, 0.29) is 12.1 Å². The molecule has 0 bridgehead atoms. The smallest absolute Gasteiger partial charge is 0.333 e. The van der Waals surface area contributed by atoms with Crippen LogP contribution in [0.1, 0.15) is 27.2 Å². The SMILES string of the molecule is C=C(C)C(=O)OCCCN(CC)CC.N. The van der Waals surface area contributed by atoms with E-state index in [4.69, 9.17) is 4.74 Å². The summed E-state index contributed by atoms with van der Waals surface area (Å²) in [6, 6.07) is 0. The number of hydrogen-bond donors (Lipinski definition) is 1. The maximum Gasteiger partial charge on any atom is 0.333 e. The highest BCUT2D eigenvalue weighted by atomic mass is 16.5. The highest BCUT2D eigenvalue weighted by Gasteiger charge is 2.03. The number of ether oxygens (including phenoxy) is 1. The average Bonchev–Trinajstić information content (AvgIpc) is 2.17. The van der Waals surface area contributed by atoms with Crippen LogP contribution < -0.4 is 6.15 Å². The van der Waals surface area contributed by atoms with Gasteiger partial charge in [-0.05, 0) is 26.4 Å². The molecule has 0 fully saturated rings. The molecule has 0 rings (SSSR count). The van der Waals surface area contributed by atoms with Crippen molar-refractivity contribution < 1.29 is 9.53 Å². The van der Waals surface area contributed by atoms with Crippen molar-refractivity contribution in [3.05, 3.63) is 12.2 Å². The van der Waals surface area contributed by atoms with Crippen LogP contribution in [-0.2, 0) is 9.53 Å². The average molecular weight is 216 g/mol. The van der Waals surface area contributed by atoms with E-state index in [0.29, 0.717) is 12.2 Å². The molecule has 0 saturated carbocycles. The zero-order valence-electron chi connectivity index (χ0n) is 10.2. The van der Waals surface area contributed by atoms with E-state index in [9.17, 15) is 4.79 Å². The Morgan fingerprint density at radius 2 is 1.87 bits per heavy atom. The molecule has 4 heteroatoms. The van der Waals surface area contributed by atoms with Crippen LogP contribution in [0.25, 0.3) is 0 Å². The zero-order chi connectivity index (χ0) is 11.0. The molecule has 0 aromatic heterocycles. The summed E-state index contributed by atoms with van der Waals surface area (Å²) in [5, 5.41) is 0. The van der Waals surface area contributed by atoms with Gasteiger partial charge in [0.1, 0.15) is 0 Å². The van der Waals surface area contributed by atoms with Gasteiger partial charge in [-0.2, -0.15) is 0 Å². The third-order valence-electron chi connectivity index (χ3n) is 2.09. The first-order valence-corrected chi connectivity index (χ1v) is 5.16. The fourth-order valence-electron chi connectivity index (χ4n) is 1.12. The molecule has 90 valence electrons. The number of hydrogen-bond acceptors (Lipinski definition) is 4. The van der Waals surface area contributed by atoms with Gasteiger partial charge < -0.3 is 15.8 Å². The minimum Gasteiger partial charge on any atom is -0.462 e. The lowest BCUT2D eigenvalue weighted by Gasteiger charge is -2.17. The highest BCUT2D eigenvalue weighted by Crippen LogP contribution is 1.95. The fourth-order valence-corrected chi connectivity index (χ4v) is 1.12. The van der Waals surface area contributed by atoms with Gasteiger partial charge in [0.05, 0.1) is 6.61 Å². The lowest BCUT2D eigenvalue weighted by molar-refractivity contribution is -0.139. The molecule has 0 aromatic rings. The summed E-state index contributed by atoms with van der Waals surface area (Å²) in [5.41, 5.74) is 0.466. The lowest BCUT2D eigenvalue weighted by atomic mass is 10.3. The van der Waals surface area contributed by atoms with Crippen molar-refractivity contribution in [1.82, 2.24) is 11.1 Å². The van der Waals surface area contributed by atoms with Crippen LogP contribution >= 0.6 is 0 Å². The van der Waals surface area contributed by atoms with Crippen LogP contribution in [-0.4, -0.2) is 37.1 Å². The van der Waals surface area contributed by atoms with Crippen LogP contribution in [0.4, 0.5) is 0 Å². The normalized spacial score (nSPS) is 9.60. The third-order valence-corrected chi connectivity index (χ3v) is 2.09. The van der Waals surface area contributed by atoms with Gasteiger partial charge in [0.15, 0.2) is 0 Å². The van der Waals surface area contributed by atoms with E-state index in [2.05, 4.69) is 25.3 Å². The van der Waals surface area contributed by atoms with Gasteiger partial charge in [0.2, 0.25) is 0 Å². The number of esters is 1. The van der Waals surface area contributed by atoms with Crippen LogP contribution in [0.15, 0.2) is 12.2 Å². The first kappa shape index (κ1) is 16.6. The molecule has 0 saturated heterocycles. The van der Waals surface area contributed by atoms with Crippen LogP contribution in [0, 0.1) is 0 Å². The summed E-state index contributed by atoms with van der Waals surface area (Å²) < 4.78 is 4.98. The van der Waals surface area contributed by atoms with Crippen molar-refractivity contribution in [2.24, 2.45) is 0 Å². The Labute approximate surface area is 92.9 Å². The molecule has 0 unspecified atom stereocenters. The monoisotopic (exact) mass is 216 g/mol. The minimum absolute atomic E-state index is 0. The molecule has 0 heterocycles. The summed E-state index contributed by atoms with van der Waals surface area (Å²) >= 11 is 0. The van der Waals surface area contributed by atoms with Crippen LogP contribution in [0.3, 0.4) is 0 Å². The van der Waals surface area contributed by atoms with Gasteiger partial charge in [-0.1, -0.05) is 20.4 Å². The van der Waals surface area contributed by atoms with Crippen LogP contribution in [0.2, 0.25) is 0 Å². The molecule has 0 aliphatic rings. The second-order valence-electron chi connectivity index (χ2n) is 3.30. The third kappa shape index (κ3) is 8.15. The number of nitrogens with zero attached hydrogens (tertiary/aromatic N) is 1. The summed E-state index contributed by atoms with van der Waals surface area (Å²) in [5.74, 6) is -0.287. The molecule has 0 aliphatic carbocycles. The van der Waals surface area contributed by atoms with Crippen molar-refractivity contribution >= 4 is 5.97 Å². The van der Waals surface area contributed by atoms with E-state index in [1.54, 1.807) is 6.92 Å². The molecule has 3 N–H and O–H groups in total. The first-order valence-electron chi connectivity index (χ1n) is 5.16. The Balaban J connectivity index is 0. The maximum atomic E-state index is 11.0. The second-order valence-corrected chi connectivity index (χ2v) is 3.30. The van der Waals surface area contributed by atoms with Crippen LogP contribution in [0.5, 0.6) is 0 Å². The Hall–Kier alpha value is -0.870. The minimum atomic E-state index is -0.287. The molecule has 0 atom stereocenters. The maximum absolute atomic E-state index is 11.0. The van der Waals surface area contributed by atoms with E-state index in [0.717, 1.165) is 26.1 Å². The molecule has 0 spiro atoms. The van der Waals surface area contributed by atoms with E-state index < -0.39 is 0 Å². The van der Waals surface area contributed by atoms with Gasteiger partial charge in [0.25, 0.3) is 0 Å². The van der Waals surface area contributed by atoms with Gasteiger partial charge in [-0.25, -0.2) is 4.79 Å². The molecular formula is C11H24N2O2. The standard InChI is InChI=1S/C11H21NO2.H3N/c1-5-12(6-2)8-7-9-14-11(13)10(3)4;/h3,5-9H2,1-2,4H3;1H3. The van der Waals surface area contributed by atoms with Gasteiger partial charge in [0, 0.05) is 12.1 Å². The largest absolute Gasteiger partial charge is 0.462 e. The molecule has 4 nitrogen and oxygen atoms in total. The van der Waals surface area contributed by atoms with Crippen molar-refractivity contribution in [3.63, 3.8) is 0 Å².